The Hall–Kier alpha value is -2.14. The van der Waals surface area contributed by atoms with Crippen molar-refractivity contribution in [3.05, 3.63) is 53.1 Å². The van der Waals surface area contributed by atoms with Gasteiger partial charge in [-0.25, -0.2) is 9.78 Å². The van der Waals surface area contributed by atoms with Crippen molar-refractivity contribution in [1.82, 2.24) is 9.55 Å². The summed E-state index contributed by atoms with van der Waals surface area (Å²) in [6.07, 6.45) is 2.91. The lowest BCUT2D eigenvalue weighted by atomic mass is 10.2. The Labute approximate surface area is 149 Å². The van der Waals surface area contributed by atoms with E-state index in [0.29, 0.717) is 44.4 Å². The van der Waals surface area contributed by atoms with Crippen molar-refractivity contribution in [2.45, 2.75) is 52.2 Å². The van der Waals surface area contributed by atoms with Gasteiger partial charge in [-0.2, -0.15) is 0 Å². The molecule has 0 bridgehead atoms. The molecule has 1 aliphatic rings. The Morgan fingerprint density at radius 2 is 2.00 bits per heavy atom. The van der Waals surface area contributed by atoms with Crippen molar-refractivity contribution in [1.29, 1.82) is 0 Å². The van der Waals surface area contributed by atoms with E-state index in [0.717, 1.165) is 29.9 Å². The maximum Gasteiger partial charge on any atom is 0.356 e. The molecule has 1 heterocycles. The van der Waals surface area contributed by atoms with Crippen LogP contribution < -0.4 is 0 Å². The molecule has 1 saturated carbocycles. The second kappa shape index (κ2) is 8.30. The Balaban J connectivity index is 1.68. The number of nitrogens with zero attached hydrogens (tertiary/aromatic N) is 2. The van der Waals surface area contributed by atoms with Gasteiger partial charge in [0.25, 0.3) is 0 Å². The van der Waals surface area contributed by atoms with Crippen LogP contribution in [-0.4, -0.2) is 28.7 Å². The highest BCUT2D eigenvalue weighted by molar-refractivity contribution is 5.89. The summed E-state index contributed by atoms with van der Waals surface area (Å²) in [5, 5.41) is 0. The summed E-state index contributed by atoms with van der Waals surface area (Å²) < 4.78 is 13.0. The molecule has 5 nitrogen and oxygen atoms in total. The molecule has 0 saturated heterocycles. The normalized spacial score (nSPS) is 13.8. The van der Waals surface area contributed by atoms with Gasteiger partial charge in [-0.15, -0.1) is 0 Å². The minimum atomic E-state index is -0.254. The molecule has 1 aliphatic carbocycles. The number of carbonyl (C=O) groups is 1. The van der Waals surface area contributed by atoms with Gasteiger partial charge in [0.2, 0.25) is 0 Å². The lowest BCUT2D eigenvalue weighted by molar-refractivity contribution is 0.0511. The zero-order valence-corrected chi connectivity index (χ0v) is 15.0. The second-order valence-electron chi connectivity index (χ2n) is 6.29. The maximum absolute atomic E-state index is 12.4. The van der Waals surface area contributed by atoms with Crippen molar-refractivity contribution in [3.8, 4) is 0 Å². The SMILES string of the molecule is CCOC(=O)c1c(C2CC2)nc(CCOCc2ccccc2)n1CC. The molecule has 3 rings (SSSR count). The smallest absolute Gasteiger partial charge is 0.356 e. The number of imidazole rings is 1. The highest BCUT2D eigenvalue weighted by atomic mass is 16.5. The van der Waals surface area contributed by atoms with Gasteiger partial charge in [0.1, 0.15) is 5.82 Å². The quantitative estimate of drug-likeness (QED) is 0.515. The fraction of sp³-hybridized carbons (Fsp3) is 0.500. The number of aromatic nitrogens is 2. The van der Waals surface area contributed by atoms with Crippen LogP contribution in [0.15, 0.2) is 30.3 Å². The van der Waals surface area contributed by atoms with Crippen molar-refractivity contribution in [2.24, 2.45) is 0 Å². The monoisotopic (exact) mass is 342 g/mol. The highest BCUT2D eigenvalue weighted by Crippen LogP contribution is 2.41. The summed E-state index contributed by atoms with van der Waals surface area (Å²) in [6, 6.07) is 10.1. The van der Waals surface area contributed by atoms with Gasteiger partial charge in [-0.05, 0) is 32.3 Å². The van der Waals surface area contributed by atoms with Gasteiger partial charge < -0.3 is 14.0 Å². The van der Waals surface area contributed by atoms with E-state index in [1.54, 1.807) is 0 Å². The van der Waals surface area contributed by atoms with E-state index in [-0.39, 0.29) is 5.97 Å². The summed E-state index contributed by atoms with van der Waals surface area (Å²) in [7, 11) is 0. The summed E-state index contributed by atoms with van der Waals surface area (Å²) in [6.45, 7) is 6.14. The van der Waals surface area contributed by atoms with Gasteiger partial charge in [-0.1, -0.05) is 30.3 Å². The fourth-order valence-electron chi connectivity index (χ4n) is 3.03. The molecule has 0 unspecified atom stereocenters. The van der Waals surface area contributed by atoms with Gasteiger partial charge in [0, 0.05) is 18.9 Å². The van der Waals surface area contributed by atoms with Crippen LogP contribution in [0.3, 0.4) is 0 Å². The third-order valence-corrected chi connectivity index (χ3v) is 4.40. The standard InChI is InChI=1S/C20H26N2O3/c1-3-22-17(12-13-24-14-15-8-6-5-7-9-15)21-18(16-10-11-16)19(22)20(23)25-4-2/h5-9,16H,3-4,10-14H2,1-2H3. The average molecular weight is 342 g/mol. The van der Waals surface area contributed by atoms with Crippen LogP contribution in [0.25, 0.3) is 0 Å². The van der Waals surface area contributed by atoms with Crippen molar-refractivity contribution >= 4 is 5.97 Å². The van der Waals surface area contributed by atoms with Crippen LogP contribution in [-0.2, 0) is 29.0 Å². The van der Waals surface area contributed by atoms with Crippen molar-refractivity contribution in [2.75, 3.05) is 13.2 Å². The van der Waals surface area contributed by atoms with Crippen LogP contribution in [0.1, 0.15) is 60.2 Å². The number of carbonyl (C=O) groups excluding carboxylic acids is 1. The first-order chi connectivity index (χ1) is 12.2. The molecule has 1 aromatic heterocycles. The molecule has 5 heteroatoms. The molecular weight excluding hydrogens is 316 g/mol. The topological polar surface area (TPSA) is 53.4 Å². The fourth-order valence-corrected chi connectivity index (χ4v) is 3.03. The highest BCUT2D eigenvalue weighted by Gasteiger charge is 2.34. The average Bonchev–Trinajstić information content (AvgIpc) is 3.41. The Bertz CT molecular complexity index is 705. The zero-order valence-electron chi connectivity index (χ0n) is 15.0. The largest absolute Gasteiger partial charge is 0.461 e. The predicted molar refractivity (Wildman–Crippen MR) is 95.6 cm³/mol. The van der Waals surface area contributed by atoms with Gasteiger partial charge in [-0.3, -0.25) is 0 Å². The molecule has 0 amide bonds. The molecular formula is C20H26N2O3. The molecule has 25 heavy (non-hydrogen) atoms. The molecule has 0 aliphatic heterocycles. The van der Waals surface area contributed by atoms with E-state index >= 15 is 0 Å². The van der Waals surface area contributed by atoms with Crippen LogP contribution in [0.4, 0.5) is 0 Å². The zero-order chi connectivity index (χ0) is 17.6. The van der Waals surface area contributed by atoms with Crippen LogP contribution in [0.2, 0.25) is 0 Å². The predicted octanol–water partition coefficient (Wildman–Crippen LogP) is 3.72. The van der Waals surface area contributed by atoms with Gasteiger partial charge in [0.15, 0.2) is 5.69 Å². The van der Waals surface area contributed by atoms with Crippen LogP contribution >= 0.6 is 0 Å². The number of hydrogen-bond donors (Lipinski definition) is 0. The number of ether oxygens (including phenoxy) is 2. The molecule has 134 valence electrons. The second-order valence-corrected chi connectivity index (χ2v) is 6.29. The third-order valence-electron chi connectivity index (χ3n) is 4.40. The molecule has 0 N–H and O–H groups in total. The molecule has 2 aromatic rings. The van der Waals surface area contributed by atoms with Crippen LogP contribution in [0, 0.1) is 0 Å². The van der Waals surface area contributed by atoms with E-state index in [9.17, 15) is 4.79 Å². The third kappa shape index (κ3) is 4.28. The minimum absolute atomic E-state index is 0.254. The first-order valence-electron chi connectivity index (χ1n) is 9.12. The number of rotatable bonds is 9. The summed E-state index contributed by atoms with van der Waals surface area (Å²) in [4.78, 5) is 17.2. The first kappa shape index (κ1) is 17.7. The number of benzene rings is 1. The lowest BCUT2D eigenvalue weighted by Crippen LogP contribution is -2.15. The van der Waals surface area contributed by atoms with E-state index in [2.05, 4.69) is 12.1 Å². The van der Waals surface area contributed by atoms with E-state index in [1.165, 1.54) is 0 Å². The lowest BCUT2D eigenvalue weighted by Gasteiger charge is -2.10. The molecule has 0 radical (unpaired) electrons. The van der Waals surface area contributed by atoms with Crippen molar-refractivity contribution < 1.29 is 14.3 Å². The van der Waals surface area contributed by atoms with Crippen LogP contribution in [0.5, 0.6) is 0 Å². The van der Waals surface area contributed by atoms with E-state index < -0.39 is 0 Å². The number of esters is 1. The molecule has 1 aromatic carbocycles. The molecule has 0 spiro atoms. The first-order valence-corrected chi connectivity index (χ1v) is 9.12. The Kier molecular flexibility index (Phi) is 5.87. The maximum atomic E-state index is 12.4. The van der Waals surface area contributed by atoms with E-state index in [1.807, 2.05) is 36.6 Å². The Morgan fingerprint density at radius 3 is 2.64 bits per heavy atom. The summed E-state index contributed by atoms with van der Waals surface area (Å²) in [5.74, 6) is 1.08. The Morgan fingerprint density at radius 1 is 1.24 bits per heavy atom. The summed E-state index contributed by atoms with van der Waals surface area (Å²) in [5.41, 5.74) is 2.72. The van der Waals surface area contributed by atoms with Gasteiger partial charge >= 0.3 is 5.97 Å². The van der Waals surface area contributed by atoms with E-state index in [4.69, 9.17) is 14.5 Å². The van der Waals surface area contributed by atoms with Gasteiger partial charge in [0.05, 0.1) is 25.5 Å². The van der Waals surface area contributed by atoms with Crippen molar-refractivity contribution in [3.63, 3.8) is 0 Å². The molecule has 0 atom stereocenters. The molecule has 1 fully saturated rings. The minimum Gasteiger partial charge on any atom is -0.461 e. The summed E-state index contributed by atoms with van der Waals surface area (Å²) >= 11 is 0. The number of hydrogen-bond acceptors (Lipinski definition) is 4.